The van der Waals surface area contributed by atoms with Gasteiger partial charge in [-0.3, -0.25) is 9.59 Å². The highest BCUT2D eigenvalue weighted by Crippen LogP contribution is 2.20. The Hall–Kier alpha value is -2.82. The van der Waals surface area contributed by atoms with E-state index in [1.807, 2.05) is 44.2 Å². The van der Waals surface area contributed by atoms with Crippen LogP contribution in [-0.2, 0) is 9.59 Å². The van der Waals surface area contributed by atoms with E-state index >= 15 is 0 Å². The van der Waals surface area contributed by atoms with Crippen molar-refractivity contribution in [3.05, 3.63) is 53.6 Å². The number of hydrogen-bond donors (Lipinski definition) is 2. The number of carbonyl (C=O) groups is 2. The van der Waals surface area contributed by atoms with Gasteiger partial charge in [-0.25, -0.2) is 0 Å². The number of anilines is 3. The monoisotopic (exact) mass is 339 g/mol. The first-order chi connectivity index (χ1) is 12.0. The first-order valence-corrected chi connectivity index (χ1v) is 8.49. The average molecular weight is 339 g/mol. The molecule has 0 unspecified atom stereocenters. The third-order valence-electron chi connectivity index (χ3n) is 4.18. The van der Waals surface area contributed by atoms with Crippen molar-refractivity contribution in [3.63, 3.8) is 0 Å². The van der Waals surface area contributed by atoms with Gasteiger partial charge in [0.2, 0.25) is 0 Å². The Bertz CT molecular complexity index is 730. The standard InChI is InChI=1S/C20H25N3O2/c1-5-23(6-2)17-12-10-16(11-13-17)21-19(24)20(25)22-18-14(3)8-7-9-15(18)4/h7-13H,5-6H2,1-4H3,(H,21,24)(H,22,25). The second-order valence-corrected chi connectivity index (χ2v) is 5.89. The molecule has 0 saturated carbocycles. The van der Waals surface area contributed by atoms with Gasteiger partial charge in [0.25, 0.3) is 0 Å². The Morgan fingerprint density at radius 2 is 1.36 bits per heavy atom. The van der Waals surface area contributed by atoms with E-state index in [0.717, 1.165) is 29.9 Å². The van der Waals surface area contributed by atoms with Crippen LogP contribution in [0.15, 0.2) is 42.5 Å². The molecule has 0 aliphatic heterocycles. The van der Waals surface area contributed by atoms with Crippen LogP contribution in [0.5, 0.6) is 0 Å². The number of benzene rings is 2. The first kappa shape index (κ1) is 18.5. The van der Waals surface area contributed by atoms with Crippen molar-refractivity contribution in [1.82, 2.24) is 0 Å². The van der Waals surface area contributed by atoms with Crippen molar-refractivity contribution in [2.75, 3.05) is 28.6 Å². The average Bonchev–Trinajstić information content (AvgIpc) is 2.60. The first-order valence-electron chi connectivity index (χ1n) is 8.49. The number of nitrogens with one attached hydrogen (secondary N) is 2. The highest BCUT2D eigenvalue weighted by Gasteiger charge is 2.16. The zero-order valence-corrected chi connectivity index (χ0v) is 15.2. The van der Waals surface area contributed by atoms with Gasteiger partial charge in [-0.15, -0.1) is 0 Å². The zero-order valence-electron chi connectivity index (χ0n) is 15.2. The minimum absolute atomic E-state index is 0.595. The van der Waals surface area contributed by atoms with Gasteiger partial charge in [0.05, 0.1) is 0 Å². The van der Waals surface area contributed by atoms with Crippen molar-refractivity contribution in [3.8, 4) is 0 Å². The van der Waals surface area contributed by atoms with Gasteiger partial charge in [-0.05, 0) is 63.1 Å². The molecule has 0 atom stereocenters. The summed E-state index contributed by atoms with van der Waals surface area (Å²) in [5.74, 6) is -1.36. The second kappa shape index (κ2) is 8.33. The maximum atomic E-state index is 12.2. The molecule has 0 saturated heterocycles. The SMILES string of the molecule is CCN(CC)c1ccc(NC(=O)C(=O)Nc2c(C)cccc2C)cc1. The number of nitrogens with zero attached hydrogens (tertiary/aromatic N) is 1. The summed E-state index contributed by atoms with van der Waals surface area (Å²) >= 11 is 0. The Kier molecular flexibility index (Phi) is 6.17. The van der Waals surface area contributed by atoms with Gasteiger partial charge in [0, 0.05) is 30.2 Å². The number of hydrogen-bond acceptors (Lipinski definition) is 3. The van der Waals surface area contributed by atoms with Crippen molar-refractivity contribution in [2.24, 2.45) is 0 Å². The maximum absolute atomic E-state index is 12.2. The predicted octanol–water partition coefficient (Wildman–Crippen LogP) is 3.73. The fourth-order valence-electron chi connectivity index (χ4n) is 2.71. The topological polar surface area (TPSA) is 61.4 Å². The largest absolute Gasteiger partial charge is 0.372 e. The Balaban J connectivity index is 2.03. The molecular formula is C20H25N3O2. The van der Waals surface area contributed by atoms with E-state index in [-0.39, 0.29) is 0 Å². The molecule has 2 N–H and O–H groups in total. The van der Waals surface area contributed by atoms with Gasteiger partial charge in [-0.2, -0.15) is 0 Å². The van der Waals surface area contributed by atoms with Gasteiger partial charge >= 0.3 is 11.8 Å². The van der Waals surface area contributed by atoms with E-state index in [4.69, 9.17) is 0 Å². The molecule has 0 aromatic heterocycles. The lowest BCUT2D eigenvalue weighted by atomic mass is 10.1. The fraction of sp³-hybridized carbons (Fsp3) is 0.300. The molecule has 2 amide bonds. The zero-order chi connectivity index (χ0) is 18.4. The van der Waals surface area contributed by atoms with E-state index < -0.39 is 11.8 Å². The molecule has 0 aliphatic rings. The van der Waals surface area contributed by atoms with Crippen LogP contribution in [0.3, 0.4) is 0 Å². The van der Waals surface area contributed by atoms with E-state index in [2.05, 4.69) is 29.4 Å². The molecule has 0 heterocycles. The Labute approximate surface area is 149 Å². The molecule has 0 radical (unpaired) electrons. The Morgan fingerprint density at radius 1 is 0.840 bits per heavy atom. The Morgan fingerprint density at radius 3 is 1.88 bits per heavy atom. The highest BCUT2D eigenvalue weighted by molar-refractivity contribution is 6.43. The lowest BCUT2D eigenvalue weighted by Crippen LogP contribution is -2.29. The summed E-state index contributed by atoms with van der Waals surface area (Å²) in [6, 6.07) is 13.2. The van der Waals surface area contributed by atoms with Crippen LogP contribution in [0, 0.1) is 13.8 Å². The normalized spacial score (nSPS) is 10.2. The third-order valence-corrected chi connectivity index (χ3v) is 4.18. The molecule has 2 aromatic carbocycles. The smallest absolute Gasteiger partial charge is 0.314 e. The molecule has 2 rings (SSSR count). The van der Waals surface area contributed by atoms with E-state index in [1.54, 1.807) is 12.1 Å². The van der Waals surface area contributed by atoms with Crippen LogP contribution in [0.2, 0.25) is 0 Å². The predicted molar refractivity (Wildman–Crippen MR) is 103 cm³/mol. The number of para-hydroxylation sites is 1. The van der Waals surface area contributed by atoms with Crippen LogP contribution in [0.25, 0.3) is 0 Å². The molecule has 2 aromatic rings. The number of aryl methyl sites for hydroxylation is 2. The summed E-state index contributed by atoms with van der Waals surface area (Å²) in [6.07, 6.45) is 0. The van der Waals surface area contributed by atoms with Crippen LogP contribution in [0.1, 0.15) is 25.0 Å². The molecule has 5 heteroatoms. The summed E-state index contributed by atoms with van der Waals surface area (Å²) in [7, 11) is 0. The van der Waals surface area contributed by atoms with Crippen LogP contribution >= 0.6 is 0 Å². The molecule has 0 spiro atoms. The second-order valence-electron chi connectivity index (χ2n) is 5.89. The lowest BCUT2D eigenvalue weighted by molar-refractivity contribution is -0.133. The summed E-state index contributed by atoms with van der Waals surface area (Å²) in [5.41, 5.74) is 4.20. The minimum atomic E-state index is -0.682. The van der Waals surface area contributed by atoms with Gasteiger partial charge < -0.3 is 15.5 Å². The number of rotatable bonds is 5. The van der Waals surface area contributed by atoms with Crippen molar-refractivity contribution in [1.29, 1.82) is 0 Å². The fourth-order valence-corrected chi connectivity index (χ4v) is 2.71. The molecule has 0 fully saturated rings. The molecule has 25 heavy (non-hydrogen) atoms. The molecule has 5 nitrogen and oxygen atoms in total. The molecule has 0 aliphatic carbocycles. The van der Waals surface area contributed by atoms with Crippen LogP contribution in [0.4, 0.5) is 17.1 Å². The van der Waals surface area contributed by atoms with E-state index in [0.29, 0.717) is 11.4 Å². The maximum Gasteiger partial charge on any atom is 0.314 e. The number of amides is 2. The summed E-state index contributed by atoms with van der Waals surface area (Å²) < 4.78 is 0. The van der Waals surface area contributed by atoms with E-state index in [1.165, 1.54) is 0 Å². The van der Waals surface area contributed by atoms with Crippen molar-refractivity contribution < 1.29 is 9.59 Å². The van der Waals surface area contributed by atoms with Gasteiger partial charge in [-0.1, -0.05) is 18.2 Å². The summed E-state index contributed by atoms with van der Waals surface area (Å²) in [5, 5.41) is 5.32. The lowest BCUT2D eigenvalue weighted by Gasteiger charge is -2.21. The van der Waals surface area contributed by atoms with Gasteiger partial charge in [0.1, 0.15) is 0 Å². The third kappa shape index (κ3) is 4.59. The van der Waals surface area contributed by atoms with Crippen molar-refractivity contribution >= 4 is 28.9 Å². The highest BCUT2D eigenvalue weighted by atomic mass is 16.2. The van der Waals surface area contributed by atoms with Crippen LogP contribution in [-0.4, -0.2) is 24.9 Å². The minimum Gasteiger partial charge on any atom is -0.372 e. The van der Waals surface area contributed by atoms with Crippen LogP contribution < -0.4 is 15.5 Å². The number of carbonyl (C=O) groups excluding carboxylic acids is 2. The molecular weight excluding hydrogens is 314 g/mol. The molecule has 132 valence electrons. The molecule has 0 bridgehead atoms. The quantitative estimate of drug-likeness (QED) is 0.816. The van der Waals surface area contributed by atoms with E-state index in [9.17, 15) is 9.59 Å². The summed E-state index contributed by atoms with van der Waals surface area (Å²) in [6.45, 7) is 9.81. The summed E-state index contributed by atoms with van der Waals surface area (Å²) in [4.78, 5) is 26.5. The van der Waals surface area contributed by atoms with Gasteiger partial charge in [0.15, 0.2) is 0 Å². The van der Waals surface area contributed by atoms with Crippen molar-refractivity contribution in [2.45, 2.75) is 27.7 Å².